The first-order valence-corrected chi connectivity index (χ1v) is 16.3. The summed E-state index contributed by atoms with van der Waals surface area (Å²) in [6.07, 6.45) is 5.07. The van der Waals surface area contributed by atoms with Crippen molar-refractivity contribution in [3.63, 3.8) is 0 Å². The number of para-hydroxylation sites is 1. The highest BCUT2D eigenvalue weighted by molar-refractivity contribution is 5.99. The number of amides is 2. The first kappa shape index (κ1) is 31.3. The lowest BCUT2D eigenvalue weighted by Crippen LogP contribution is -2.33. The fourth-order valence-corrected chi connectivity index (χ4v) is 6.46. The molecule has 2 amide bonds. The molecule has 1 fully saturated rings. The third-order valence-corrected chi connectivity index (χ3v) is 9.02. The first-order chi connectivity index (χ1) is 22.2. The van der Waals surface area contributed by atoms with Gasteiger partial charge in [0.2, 0.25) is 0 Å². The summed E-state index contributed by atoms with van der Waals surface area (Å²) in [7, 11) is 0. The lowest BCUT2D eigenvalue weighted by molar-refractivity contribution is -0.121. The Morgan fingerprint density at radius 2 is 1.72 bits per heavy atom. The number of aromatic amines is 1. The molecule has 3 aromatic carbocycles. The Morgan fingerprint density at radius 3 is 2.48 bits per heavy atom. The van der Waals surface area contributed by atoms with Crippen LogP contribution in [0, 0.1) is 12.8 Å². The molecule has 8 heteroatoms. The molecule has 1 saturated heterocycles. The topological polar surface area (TPSA) is 104 Å². The van der Waals surface area contributed by atoms with Crippen molar-refractivity contribution < 1.29 is 9.59 Å². The van der Waals surface area contributed by atoms with Gasteiger partial charge in [-0.25, -0.2) is 9.48 Å². The van der Waals surface area contributed by atoms with E-state index < -0.39 is 0 Å². The van der Waals surface area contributed by atoms with Crippen LogP contribution in [0.15, 0.2) is 85.1 Å². The van der Waals surface area contributed by atoms with Gasteiger partial charge in [-0.1, -0.05) is 68.8 Å². The van der Waals surface area contributed by atoms with Crippen LogP contribution in [0.25, 0.3) is 16.6 Å². The maximum Gasteiger partial charge on any atom is 0.324 e. The second-order valence-corrected chi connectivity index (χ2v) is 13.5. The van der Waals surface area contributed by atoms with Crippen molar-refractivity contribution in [1.29, 1.82) is 0 Å². The first-order valence-electron chi connectivity index (χ1n) is 16.3. The molecule has 0 radical (unpaired) electrons. The van der Waals surface area contributed by atoms with E-state index in [0.29, 0.717) is 24.3 Å². The number of ketones is 1. The Labute approximate surface area is 271 Å². The number of rotatable bonds is 9. The van der Waals surface area contributed by atoms with Crippen LogP contribution < -0.4 is 16.0 Å². The molecule has 46 heavy (non-hydrogen) atoms. The van der Waals surface area contributed by atoms with E-state index in [1.54, 1.807) is 4.68 Å². The zero-order valence-electron chi connectivity index (χ0n) is 27.2. The minimum absolute atomic E-state index is 0.193. The predicted octanol–water partition coefficient (Wildman–Crippen LogP) is 7.89. The number of fused-ring (bicyclic) bond motifs is 1. The molecule has 238 valence electrons. The molecule has 4 N–H and O–H groups in total. The second kappa shape index (κ2) is 13.3. The van der Waals surface area contributed by atoms with Crippen molar-refractivity contribution in [2.24, 2.45) is 5.92 Å². The number of nitrogens with zero attached hydrogens (tertiary/aromatic N) is 2. The van der Waals surface area contributed by atoms with Crippen molar-refractivity contribution in [2.45, 2.75) is 64.7 Å². The number of aromatic nitrogens is 3. The normalized spacial score (nSPS) is 14.7. The van der Waals surface area contributed by atoms with Crippen LogP contribution in [0.5, 0.6) is 0 Å². The Balaban J connectivity index is 1.21. The van der Waals surface area contributed by atoms with Gasteiger partial charge in [-0.2, -0.15) is 5.10 Å². The van der Waals surface area contributed by atoms with Crippen molar-refractivity contribution in [3.05, 3.63) is 107 Å². The quantitative estimate of drug-likeness (QED) is 0.135. The molecule has 6 rings (SSSR count). The minimum Gasteiger partial charge on any atom is -0.361 e. The second-order valence-electron chi connectivity index (χ2n) is 13.5. The molecule has 0 spiro atoms. The summed E-state index contributed by atoms with van der Waals surface area (Å²) >= 11 is 0. The molecule has 2 aromatic heterocycles. The Kier molecular flexibility index (Phi) is 9.08. The van der Waals surface area contributed by atoms with Crippen LogP contribution >= 0.6 is 0 Å². The average Bonchev–Trinajstić information content (AvgIpc) is 3.66. The predicted molar refractivity (Wildman–Crippen MR) is 186 cm³/mol. The van der Waals surface area contributed by atoms with Gasteiger partial charge in [0.15, 0.2) is 0 Å². The number of anilines is 2. The highest BCUT2D eigenvalue weighted by Crippen LogP contribution is 2.35. The third kappa shape index (κ3) is 7.07. The highest BCUT2D eigenvalue weighted by atomic mass is 16.2. The van der Waals surface area contributed by atoms with E-state index in [4.69, 9.17) is 5.10 Å². The van der Waals surface area contributed by atoms with Gasteiger partial charge >= 0.3 is 6.03 Å². The molecule has 1 unspecified atom stereocenters. The van der Waals surface area contributed by atoms with Gasteiger partial charge < -0.3 is 15.6 Å². The highest BCUT2D eigenvalue weighted by Gasteiger charge is 2.31. The van der Waals surface area contributed by atoms with Gasteiger partial charge in [0.05, 0.1) is 11.4 Å². The lowest BCUT2D eigenvalue weighted by Gasteiger charge is -2.30. The van der Waals surface area contributed by atoms with Gasteiger partial charge in [0.1, 0.15) is 11.6 Å². The number of benzene rings is 3. The van der Waals surface area contributed by atoms with Gasteiger partial charge in [0.25, 0.3) is 0 Å². The molecule has 3 heterocycles. The Hall–Kier alpha value is -4.69. The van der Waals surface area contributed by atoms with Crippen LogP contribution in [0.4, 0.5) is 16.3 Å². The molecule has 1 atom stereocenters. The third-order valence-electron chi connectivity index (χ3n) is 9.02. The van der Waals surface area contributed by atoms with E-state index in [-0.39, 0.29) is 29.1 Å². The molecular weight excluding hydrogens is 572 g/mol. The van der Waals surface area contributed by atoms with Crippen LogP contribution in [0.1, 0.15) is 68.3 Å². The van der Waals surface area contributed by atoms with Gasteiger partial charge in [-0.15, -0.1) is 0 Å². The summed E-state index contributed by atoms with van der Waals surface area (Å²) < 4.78 is 1.77. The van der Waals surface area contributed by atoms with Gasteiger partial charge in [-0.3, -0.25) is 10.1 Å². The molecule has 0 bridgehead atoms. The Morgan fingerprint density at radius 1 is 0.957 bits per heavy atom. The fourth-order valence-electron chi connectivity index (χ4n) is 6.46. The monoisotopic (exact) mass is 616 g/mol. The molecule has 8 nitrogen and oxygen atoms in total. The van der Waals surface area contributed by atoms with Crippen molar-refractivity contribution in [1.82, 2.24) is 20.1 Å². The standard InChI is InChI=1S/C38H44N6O2/c1-25-12-15-30(16-13-25)44-35(23-34(43-44)38(2,3)4)42-37(46)41-29-9-7-8-27(22-29)36(26-18-20-39-21-19-26)33(45)17-14-28-24-40-32-11-6-5-10-31(28)32/h5-13,15-16,22-24,26,36,39-40H,14,17-21H2,1-4H3,(H2,41,42,46). The number of carbonyl (C=O) groups excluding carboxylic acids is 2. The van der Waals surface area contributed by atoms with E-state index in [2.05, 4.69) is 53.8 Å². The summed E-state index contributed by atoms with van der Waals surface area (Å²) in [4.78, 5) is 30.7. The number of carbonyl (C=O) groups is 2. The zero-order chi connectivity index (χ0) is 32.3. The summed E-state index contributed by atoms with van der Waals surface area (Å²) in [6, 6.07) is 25.6. The smallest absolute Gasteiger partial charge is 0.324 e. The number of urea groups is 1. The fraction of sp³-hybridized carbons (Fsp3) is 0.342. The zero-order valence-corrected chi connectivity index (χ0v) is 27.2. The Bertz CT molecular complexity index is 1820. The van der Waals surface area contributed by atoms with Crippen molar-refractivity contribution >= 4 is 34.2 Å². The number of hydrogen-bond acceptors (Lipinski definition) is 4. The molecule has 0 aliphatic carbocycles. The number of aryl methyl sites for hydroxylation is 2. The van der Waals surface area contributed by atoms with E-state index in [9.17, 15) is 9.59 Å². The number of H-pyrrole nitrogens is 1. The van der Waals surface area contributed by atoms with Crippen LogP contribution in [-0.2, 0) is 16.6 Å². The molecule has 5 aromatic rings. The molecule has 0 saturated carbocycles. The molecule has 1 aliphatic heterocycles. The van der Waals surface area contributed by atoms with Crippen molar-refractivity contribution in [2.75, 3.05) is 23.7 Å². The largest absolute Gasteiger partial charge is 0.361 e. The summed E-state index contributed by atoms with van der Waals surface area (Å²) in [5.41, 5.74) is 6.56. The van der Waals surface area contributed by atoms with Crippen LogP contribution in [0.2, 0.25) is 0 Å². The summed E-state index contributed by atoms with van der Waals surface area (Å²) in [6.45, 7) is 10.2. The van der Waals surface area contributed by atoms with Gasteiger partial charge in [0, 0.05) is 46.6 Å². The van der Waals surface area contributed by atoms with E-state index >= 15 is 0 Å². The van der Waals surface area contributed by atoms with Crippen LogP contribution in [0.3, 0.4) is 0 Å². The number of hydrogen-bond donors (Lipinski definition) is 4. The van der Waals surface area contributed by atoms with Crippen LogP contribution in [-0.4, -0.2) is 39.7 Å². The van der Waals surface area contributed by atoms with E-state index in [1.165, 1.54) is 10.9 Å². The minimum atomic E-state index is -0.366. The molecular formula is C38H44N6O2. The number of Topliss-reactive ketones (excluding diaryl/α,β-unsaturated/α-hetero) is 1. The van der Waals surface area contributed by atoms with Crippen molar-refractivity contribution in [3.8, 4) is 5.69 Å². The maximum atomic E-state index is 14.0. The van der Waals surface area contributed by atoms with E-state index in [1.807, 2.05) is 79.9 Å². The van der Waals surface area contributed by atoms with Gasteiger partial charge in [-0.05, 0) is 86.7 Å². The SMILES string of the molecule is Cc1ccc(-n2nc(C(C)(C)C)cc2NC(=O)Nc2cccc(C(C(=O)CCc3c[nH]c4ccccc34)C3CCNCC3)c2)cc1. The summed E-state index contributed by atoms with van der Waals surface area (Å²) in [5.74, 6) is 0.855. The summed E-state index contributed by atoms with van der Waals surface area (Å²) in [5, 5.41) is 15.5. The van der Waals surface area contributed by atoms with E-state index in [0.717, 1.165) is 54.0 Å². The number of piperidine rings is 1. The molecule has 1 aliphatic rings. The lowest BCUT2D eigenvalue weighted by atomic mass is 9.76. The maximum absolute atomic E-state index is 14.0. The number of nitrogens with one attached hydrogen (secondary N) is 4. The average molecular weight is 617 g/mol.